The van der Waals surface area contributed by atoms with Gasteiger partial charge in [0, 0.05) is 17.3 Å². The third kappa shape index (κ3) is 3.00. The largest absolute Gasteiger partial charge is 0.508 e. The van der Waals surface area contributed by atoms with Gasteiger partial charge in [-0.1, -0.05) is 18.2 Å². The second kappa shape index (κ2) is 5.22. The normalized spacial score (nSPS) is 10.9. The Morgan fingerprint density at radius 3 is 2.89 bits per heavy atom. The highest BCUT2D eigenvalue weighted by Gasteiger charge is 1.98. The Hall–Kier alpha value is -2.50. The van der Waals surface area contributed by atoms with Crippen LogP contribution < -0.4 is 5.56 Å². The second-order valence-electron chi connectivity index (χ2n) is 3.74. The molecule has 0 saturated heterocycles. The van der Waals surface area contributed by atoms with Gasteiger partial charge in [0.15, 0.2) is 0 Å². The van der Waals surface area contributed by atoms with Crippen LogP contribution in [0.4, 0.5) is 5.95 Å². The number of benzene rings is 1. The first-order chi connectivity index (χ1) is 8.65. The number of aryl methyl sites for hydroxylation is 1. The Kier molecular flexibility index (Phi) is 3.47. The summed E-state index contributed by atoms with van der Waals surface area (Å²) >= 11 is 0. The van der Waals surface area contributed by atoms with Crippen LogP contribution in [0, 0.1) is 6.92 Å². The van der Waals surface area contributed by atoms with Crippen LogP contribution in [0.2, 0.25) is 0 Å². The van der Waals surface area contributed by atoms with Crippen LogP contribution in [0.25, 0.3) is 0 Å². The Bertz CT molecular complexity index is 634. The Labute approximate surface area is 103 Å². The number of rotatable bonds is 3. The van der Waals surface area contributed by atoms with Crippen molar-refractivity contribution in [1.82, 2.24) is 9.97 Å². The highest BCUT2D eigenvalue weighted by Crippen LogP contribution is 2.16. The fourth-order valence-corrected chi connectivity index (χ4v) is 1.43. The van der Waals surface area contributed by atoms with Crippen molar-refractivity contribution in [3.05, 3.63) is 51.9 Å². The van der Waals surface area contributed by atoms with Crippen molar-refractivity contribution in [3.63, 3.8) is 0 Å². The van der Waals surface area contributed by atoms with Gasteiger partial charge >= 0.3 is 0 Å². The molecule has 1 aromatic carbocycles. The molecule has 0 fully saturated rings. The summed E-state index contributed by atoms with van der Waals surface area (Å²) in [6, 6.07) is 8.24. The van der Waals surface area contributed by atoms with E-state index in [9.17, 15) is 9.90 Å². The molecule has 0 aliphatic heterocycles. The summed E-state index contributed by atoms with van der Waals surface area (Å²) in [6.45, 7) is 1.93. The number of para-hydroxylation sites is 1. The number of phenols is 1. The van der Waals surface area contributed by atoms with E-state index in [2.05, 4.69) is 20.2 Å². The first-order valence-corrected chi connectivity index (χ1v) is 5.37. The van der Waals surface area contributed by atoms with Crippen LogP contribution in [0.3, 0.4) is 0 Å². The quantitative estimate of drug-likeness (QED) is 0.809. The van der Waals surface area contributed by atoms with E-state index in [0.717, 1.165) is 0 Å². The van der Waals surface area contributed by atoms with E-state index < -0.39 is 0 Å². The maximum atomic E-state index is 11.2. The van der Waals surface area contributed by atoms with Gasteiger partial charge < -0.3 is 5.11 Å². The van der Waals surface area contributed by atoms with Gasteiger partial charge in [0.25, 0.3) is 5.56 Å². The van der Waals surface area contributed by atoms with Gasteiger partial charge in [-0.3, -0.25) is 9.78 Å². The van der Waals surface area contributed by atoms with E-state index in [4.69, 9.17) is 0 Å². The molecule has 0 radical (unpaired) electrons. The Morgan fingerprint density at radius 1 is 1.39 bits per heavy atom. The average molecular weight is 244 g/mol. The van der Waals surface area contributed by atoms with Crippen LogP contribution in [-0.2, 0) is 6.54 Å². The van der Waals surface area contributed by atoms with Crippen LogP contribution >= 0.6 is 0 Å². The minimum Gasteiger partial charge on any atom is -0.508 e. The number of hydrogen-bond donors (Lipinski definition) is 2. The number of aromatic nitrogens is 2. The molecule has 0 aliphatic carbocycles. The second-order valence-corrected chi connectivity index (χ2v) is 3.74. The smallest absolute Gasteiger partial charge is 0.252 e. The minimum atomic E-state index is -0.265. The molecule has 2 aromatic rings. The Morgan fingerprint density at radius 2 is 2.17 bits per heavy atom. The monoisotopic (exact) mass is 244 g/mol. The summed E-state index contributed by atoms with van der Waals surface area (Å²) in [4.78, 5) is 17.6. The summed E-state index contributed by atoms with van der Waals surface area (Å²) in [5.41, 5.74) is 0.977. The molecule has 6 heteroatoms. The molecule has 18 heavy (non-hydrogen) atoms. The van der Waals surface area contributed by atoms with Gasteiger partial charge in [-0.15, -0.1) is 5.11 Å². The topological polar surface area (TPSA) is 90.7 Å². The first kappa shape index (κ1) is 12.0. The summed E-state index contributed by atoms with van der Waals surface area (Å²) < 4.78 is 0. The van der Waals surface area contributed by atoms with E-state index in [0.29, 0.717) is 11.3 Å². The number of nitrogens with zero attached hydrogens (tertiary/aromatic N) is 3. The van der Waals surface area contributed by atoms with Crippen LogP contribution in [0.1, 0.15) is 11.3 Å². The summed E-state index contributed by atoms with van der Waals surface area (Å²) in [6.07, 6.45) is 0. The number of hydrogen-bond acceptors (Lipinski definition) is 5. The van der Waals surface area contributed by atoms with Gasteiger partial charge in [-0.25, -0.2) is 4.98 Å². The van der Waals surface area contributed by atoms with Crippen molar-refractivity contribution in [2.45, 2.75) is 13.5 Å². The molecule has 0 aliphatic rings. The average Bonchev–Trinajstić information content (AvgIpc) is 2.30. The predicted octanol–water partition coefficient (Wildman–Crippen LogP) is 2.07. The van der Waals surface area contributed by atoms with Crippen molar-refractivity contribution in [2.24, 2.45) is 10.2 Å². The lowest BCUT2D eigenvalue weighted by Crippen LogP contribution is -2.05. The van der Waals surface area contributed by atoms with Crippen molar-refractivity contribution in [1.29, 1.82) is 0 Å². The molecule has 0 atom stereocenters. The van der Waals surface area contributed by atoms with Crippen molar-refractivity contribution < 1.29 is 5.11 Å². The highest BCUT2D eigenvalue weighted by molar-refractivity contribution is 5.31. The molecule has 92 valence electrons. The van der Waals surface area contributed by atoms with Gasteiger partial charge in [0.1, 0.15) is 5.75 Å². The van der Waals surface area contributed by atoms with E-state index in [-0.39, 0.29) is 23.8 Å². The number of azo groups is 1. The molecule has 0 bridgehead atoms. The number of aromatic amines is 1. The van der Waals surface area contributed by atoms with Gasteiger partial charge in [-0.2, -0.15) is 5.11 Å². The molecule has 0 amide bonds. The third-order valence-electron chi connectivity index (χ3n) is 2.26. The SMILES string of the molecule is Cc1cc(=O)[nH]c(N=NCc2ccccc2O)n1. The number of phenolic OH excluding ortho intramolecular Hbond substituents is 1. The van der Waals surface area contributed by atoms with E-state index in [1.165, 1.54) is 6.07 Å². The molecular formula is C12H12N4O2. The van der Waals surface area contributed by atoms with E-state index in [1.54, 1.807) is 31.2 Å². The van der Waals surface area contributed by atoms with Crippen LogP contribution in [0.5, 0.6) is 5.75 Å². The van der Waals surface area contributed by atoms with E-state index >= 15 is 0 Å². The lowest BCUT2D eigenvalue weighted by Gasteiger charge is -1.98. The lowest BCUT2D eigenvalue weighted by atomic mass is 10.2. The van der Waals surface area contributed by atoms with Gasteiger partial charge in [0.2, 0.25) is 5.95 Å². The van der Waals surface area contributed by atoms with Gasteiger partial charge in [-0.05, 0) is 13.0 Å². The fourth-order valence-electron chi connectivity index (χ4n) is 1.43. The zero-order valence-corrected chi connectivity index (χ0v) is 9.79. The third-order valence-corrected chi connectivity index (χ3v) is 2.26. The zero-order chi connectivity index (χ0) is 13.0. The molecule has 2 rings (SSSR count). The molecule has 0 unspecified atom stereocenters. The number of H-pyrrole nitrogens is 1. The fraction of sp³-hybridized carbons (Fsp3) is 0.167. The van der Waals surface area contributed by atoms with Crippen molar-refractivity contribution in [2.75, 3.05) is 0 Å². The number of aromatic hydroxyl groups is 1. The predicted molar refractivity (Wildman–Crippen MR) is 65.9 cm³/mol. The maximum absolute atomic E-state index is 11.2. The van der Waals surface area contributed by atoms with E-state index in [1.807, 2.05) is 0 Å². The molecule has 1 aromatic heterocycles. The molecular weight excluding hydrogens is 232 g/mol. The molecule has 0 spiro atoms. The van der Waals surface area contributed by atoms with Crippen molar-refractivity contribution in [3.8, 4) is 5.75 Å². The summed E-state index contributed by atoms with van der Waals surface area (Å²) in [5, 5.41) is 17.2. The van der Waals surface area contributed by atoms with Gasteiger partial charge in [0.05, 0.1) is 6.54 Å². The van der Waals surface area contributed by atoms with Crippen LogP contribution in [-0.4, -0.2) is 15.1 Å². The first-order valence-electron chi connectivity index (χ1n) is 5.37. The lowest BCUT2D eigenvalue weighted by molar-refractivity contribution is 0.468. The molecule has 6 nitrogen and oxygen atoms in total. The standard InChI is InChI=1S/C12H12N4O2/c1-8-6-11(18)15-12(14-8)16-13-7-9-4-2-3-5-10(9)17/h2-6,17H,7H2,1H3,(H,14,15,18). The molecule has 0 saturated carbocycles. The minimum absolute atomic E-state index is 0.162. The Balaban J connectivity index is 2.12. The highest BCUT2D eigenvalue weighted by atomic mass is 16.3. The molecule has 1 heterocycles. The zero-order valence-electron chi connectivity index (χ0n) is 9.79. The maximum Gasteiger partial charge on any atom is 0.252 e. The van der Waals surface area contributed by atoms with Crippen LogP contribution in [0.15, 0.2) is 45.4 Å². The number of nitrogens with one attached hydrogen (secondary N) is 1. The molecule has 2 N–H and O–H groups in total. The van der Waals surface area contributed by atoms with Crippen molar-refractivity contribution >= 4 is 5.95 Å². The summed E-state index contributed by atoms with van der Waals surface area (Å²) in [7, 11) is 0. The summed E-state index contributed by atoms with van der Waals surface area (Å²) in [5.74, 6) is 0.331.